The zero-order valence-electron chi connectivity index (χ0n) is 11.2. The van der Waals surface area contributed by atoms with Gasteiger partial charge in [0, 0.05) is 35.3 Å². The smallest absolute Gasteiger partial charge is 0.0427 e. The molecular formula is C15H22N2S. The predicted molar refractivity (Wildman–Crippen MR) is 78.2 cm³/mol. The minimum Gasteiger partial charge on any atom is -0.308 e. The van der Waals surface area contributed by atoms with Gasteiger partial charge in [0.25, 0.3) is 0 Å². The molecule has 0 amide bonds. The number of nitrogens with zero attached hydrogens (tertiary/aromatic N) is 1. The van der Waals surface area contributed by atoms with Crippen LogP contribution >= 0.6 is 11.8 Å². The molecule has 2 atom stereocenters. The van der Waals surface area contributed by atoms with Crippen LogP contribution in [0.1, 0.15) is 31.4 Å². The molecule has 1 aromatic carbocycles. The molecule has 1 aliphatic carbocycles. The highest BCUT2D eigenvalue weighted by Gasteiger charge is 2.30. The molecule has 1 N–H and O–H groups in total. The number of thioether (sulfide) groups is 1. The van der Waals surface area contributed by atoms with E-state index in [1.165, 1.54) is 29.1 Å². The summed E-state index contributed by atoms with van der Waals surface area (Å²) in [4.78, 5) is 3.99. The summed E-state index contributed by atoms with van der Waals surface area (Å²) in [6, 6.07) is 10.8. The van der Waals surface area contributed by atoms with E-state index in [9.17, 15) is 0 Å². The number of likely N-dealkylation sites (N-methyl/N-ethyl adjacent to an activating group) is 1. The van der Waals surface area contributed by atoms with Crippen LogP contribution in [-0.2, 0) is 0 Å². The number of fused-ring (bicyclic) bond motifs is 1. The lowest BCUT2D eigenvalue weighted by Gasteiger charge is -2.26. The molecule has 3 rings (SSSR count). The molecule has 2 aliphatic rings. The Kier molecular flexibility index (Phi) is 3.64. The van der Waals surface area contributed by atoms with E-state index in [-0.39, 0.29) is 0 Å². The fraction of sp³-hybridized carbons (Fsp3) is 0.600. The fourth-order valence-electron chi connectivity index (χ4n) is 2.63. The normalized spacial score (nSPS) is 24.3. The van der Waals surface area contributed by atoms with Crippen LogP contribution < -0.4 is 5.32 Å². The number of nitrogens with one attached hydrogen (secondary N) is 1. The third-order valence-corrected chi connectivity index (χ3v) is 5.36. The van der Waals surface area contributed by atoms with Gasteiger partial charge in [-0.15, -0.1) is 11.8 Å². The van der Waals surface area contributed by atoms with Gasteiger partial charge in [-0.1, -0.05) is 18.2 Å². The summed E-state index contributed by atoms with van der Waals surface area (Å²) in [5.74, 6) is 1.18. The van der Waals surface area contributed by atoms with Gasteiger partial charge in [0.15, 0.2) is 0 Å². The van der Waals surface area contributed by atoms with E-state index < -0.39 is 0 Å². The van der Waals surface area contributed by atoms with Gasteiger partial charge in [0.1, 0.15) is 0 Å². The first kappa shape index (κ1) is 12.5. The molecule has 2 nitrogen and oxygen atoms in total. The van der Waals surface area contributed by atoms with Crippen LogP contribution in [0.3, 0.4) is 0 Å². The standard InChI is InChI=1S/C15H22N2S/c1-11(17(2)12-7-8-12)9-16-14-10-18-15-6-4-3-5-13(14)15/h3-6,11-12,14,16H,7-10H2,1-2H3. The maximum atomic E-state index is 3.74. The lowest BCUT2D eigenvalue weighted by atomic mass is 10.1. The van der Waals surface area contributed by atoms with E-state index in [1.807, 2.05) is 11.8 Å². The van der Waals surface area contributed by atoms with Crippen molar-refractivity contribution in [3.63, 3.8) is 0 Å². The lowest BCUT2D eigenvalue weighted by Crippen LogP contribution is -2.40. The maximum Gasteiger partial charge on any atom is 0.0427 e. The van der Waals surface area contributed by atoms with Crippen molar-refractivity contribution in [3.05, 3.63) is 29.8 Å². The third-order valence-electron chi connectivity index (χ3n) is 4.18. The second-order valence-corrected chi connectivity index (χ2v) is 6.62. The first-order chi connectivity index (χ1) is 8.75. The van der Waals surface area contributed by atoms with Crippen molar-refractivity contribution in [1.29, 1.82) is 0 Å². The fourth-order valence-corrected chi connectivity index (χ4v) is 3.83. The molecule has 1 saturated carbocycles. The second kappa shape index (κ2) is 5.24. The van der Waals surface area contributed by atoms with Gasteiger partial charge in [-0.2, -0.15) is 0 Å². The Hall–Kier alpha value is -0.510. The van der Waals surface area contributed by atoms with Crippen molar-refractivity contribution in [1.82, 2.24) is 10.2 Å². The maximum absolute atomic E-state index is 3.74. The average molecular weight is 262 g/mol. The summed E-state index contributed by atoms with van der Waals surface area (Å²) >= 11 is 1.98. The Morgan fingerprint density at radius 1 is 1.39 bits per heavy atom. The highest BCUT2D eigenvalue weighted by atomic mass is 32.2. The largest absolute Gasteiger partial charge is 0.308 e. The monoisotopic (exact) mass is 262 g/mol. The third kappa shape index (κ3) is 2.58. The number of hydrogen-bond donors (Lipinski definition) is 1. The Morgan fingerprint density at radius 2 is 2.17 bits per heavy atom. The zero-order chi connectivity index (χ0) is 12.5. The van der Waals surface area contributed by atoms with Crippen molar-refractivity contribution >= 4 is 11.8 Å². The predicted octanol–water partition coefficient (Wildman–Crippen LogP) is 2.91. The quantitative estimate of drug-likeness (QED) is 0.878. The Labute approximate surface area is 114 Å². The summed E-state index contributed by atoms with van der Waals surface area (Å²) in [5, 5.41) is 3.74. The molecule has 1 aromatic rings. The molecule has 3 heteroatoms. The van der Waals surface area contributed by atoms with Crippen LogP contribution in [0.15, 0.2) is 29.2 Å². The zero-order valence-corrected chi connectivity index (χ0v) is 12.0. The molecule has 0 spiro atoms. The van der Waals surface area contributed by atoms with Crippen LogP contribution in [0.25, 0.3) is 0 Å². The number of hydrogen-bond acceptors (Lipinski definition) is 3. The Bertz CT molecular complexity index is 417. The van der Waals surface area contributed by atoms with Crippen molar-refractivity contribution in [2.45, 2.75) is 42.8 Å². The molecular weight excluding hydrogens is 240 g/mol. The molecule has 18 heavy (non-hydrogen) atoms. The molecule has 1 fully saturated rings. The molecule has 98 valence electrons. The molecule has 0 radical (unpaired) electrons. The van der Waals surface area contributed by atoms with E-state index in [1.54, 1.807) is 0 Å². The van der Waals surface area contributed by atoms with Gasteiger partial charge in [-0.3, -0.25) is 4.90 Å². The van der Waals surface area contributed by atoms with E-state index in [2.05, 4.69) is 48.5 Å². The van der Waals surface area contributed by atoms with E-state index in [4.69, 9.17) is 0 Å². The van der Waals surface area contributed by atoms with Gasteiger partial charge < -0.3 is 5.32 Å². The van der Waals surface area contributed by atoms with Crippen LogP contribution in [0, 0.1) is 0 Å². The average Bonchev–Trinajstić information content (AvgIpc) is 3.16. The Balaban J connectivity index is 1.55. The van der Waals surface area contributed by atoms with Crippen molar-refractivity contribution in [2.24, 2.45) is 0 Å². The highest BCUT2D eigenvalue weighted by molar-refractivity contribution is 7.99. The minimum absolute atomic E-state index is 0.543. The molecule has 0 saturated heterocycles. The van der Waals surface area contributed by atoms with Gasteiger partial charge in [-0.25, -0.2) is 0 Å². The SMILES string of the molecule is CC(CNC1CSc2ccccc21)N(C)C1CC1. The van der Waals surface area contributed by atoms with Crippen LogP contribution in [-0.4, -0.2) is 36.3 Å². The summed E-state index contributed by atoms with van der Waals surface area (Å²) in [6.07, 6.45) is 2.78. The lowest BCUT2D eigenvalue weighted by molar-refractivity contribution is 0.237. The highest BCUT2D eigenvalue weighted by Crippen LogP contribution is 2.37. The second-order valence-electron chi connectivity index (χ2n) is 5.56. The summed E-state index contributed by atoms with van der Waals surface area (Å²) in [6.45, 7) is 3.42. The summed E-state index contributed by atoms with van der Waals surface area (Å²) < 4.78 is 0. The van der Waals surface area contributed by atoms with Gasteiger partial charge in [0.05, 0.1) is 0 Å². The van der Waals surface area contributed by atoms with Crippen LogP contribution in [0.4, 0.5) is 0 Å². The molecule has 1 heterocycles. The first-order valence-electron chi connectivity index (χ1n) is 6.93. The minimum atomic E-state index is 0.543. The molecule has 0 aromatic heterocycles. The van der Waals surface area contributed by atoms with Crippen LogP contribution in [0.2, 0.25) is 0 Å². The molecule has 1 aliphatic heterocycles. The Morgan fingerprint density at radius 3 is 2.94 bits per heavy atom. The number of benzene rings is 1. The van der Waals surface area contributed by atoms with Crippen molar-refractivity contribution in [2.75, 3.05) is 19.3 Å². The van der Waals surface area contributed by atoms with E-state index >= 15 is 0 Å². The van der Waals surface area contributed by atoms with Crippen molar-refractivity contribution in [3.8, 4) is 0 Å². The summed E-state index contributed by atoms with van der Waals surface area (Å²) in [7, 11) is 2.27. The van der Waals surface area contributed by atoms with E-state index in [0.29, 0.717) is 12.1 Å². The molecule has 2 unspecified atom stereocenters. The van der Waals surface area contributed by atoms with E-state index in [0.717, 1.165) is 12.6 Å². The summed E-state index contributed by atoms with van der Waals surface area (Å²) in [5.41, 5.74) is 1.49. The first-order valence-corrected chi connectivity index (χ1v) is 7.91. The molecule has 0 bridgehead atoms. The van der Waals surface area contributed by atoms with Gasteiger partial charge >= 0.3 is 0 Å². The van der Waals surface area contributed by atoms with Crippen LogP contribution in [0.5, 0.6) is 0 Å². The number of rotatable bonds is 5. The topological polar surface area (TPSA) is 15.3 Å². The van der Waals surface area contributed by atoms with Gasteiger partial charge in [-0.05, 0) is 38.4 Å². The van der Waals surface area contributed by atoms with Gasteiger partial charge in [0.2, 0.25) is 0 Å². The van der Waals surface area contributed by atoms with Crippen molar-refractivity contribution < 1.29 is 0 Å².